The van der Waals surface area contributed by atoms with Crippen LogP contribution in [0.25, 0.3) is 16.9 Å². The molecular weight excluding hydrogens is 581 g/mol. The third kappa shape index (κ3) is 7.73. The summed E-state index contributed by atoms with van der Waals surface area (Å²) in [5.41, 5.74) is -0.709. The first-order valence-electron chi connectivity index (χ1n) is 13.8. The lowest BCUT2D eigenvalue weighted by Gasteiger charge is -2.26. The molecule has 0 aromatic carbocycles. The Balaban J connectivity index is 1.21. The third-order valence-electron chi connectivity index (χ3n) is 6.87. The Morgan fingerprint density at radius 2 is 1.84 bits per heavy atom. The molecule has 0 spiro atoms. The van der Waals surface area contributed by atoms with Gasteiger partial charge in [0.1, 0.15) is 11.5 Å². The topological polar surface area (TPSA) is 136 Å². The number of carbonyl (C=O) groups is 2. The number of aryl methyl sites for hydroxylation is 1. The Labute approximate surface area is 249 Å². The van der Waals surface area contributed by atoms with Crippen LogP contribution in [0.4, 0.5) is 19.0 Å². The minimum Gasteiger partial charge on any atom is -0.379 e. The van der Waals surface area contributed by atoms with Crippen LogP contribution in [-0.4, -0.2) is 80.4 Å². The van der Waals surface area contributed by atoms with Crippen molar-refractivity contribution in [2.75, 3.05) is 44.7 Å². The average molecular weight is 611 g/mol. The molecule has 5 heterocycles. The van der Waals surface area contributed by atoms with E-state index in [0.29, 0.717) is 31.9 Å². The molecule has 4 aromatic heterocycles. The fourth-order valence-corrected chi connectivity index (χ4v) is 4.54. The number of nitrogens with zero attached hydrogens (tertiary/aromatic N) is 6. The van der Waals surface area contributed by atoms with E-state index in [0.717, 1.165) is 30.0 Å². The van der Waals surface area contributed by atoms with E-state index < -0.39 is 17.8 Å². The maximum Gasteiger partial charge on any atom is 0.433 e. The number of hydrogen-bond acceptors (Lipinski definition) is 8. The van der Waals surface area contributed by atoms with Crippen LogP contribution in [-0.2, 0) is 22.3 Å². The predicted octanol–water partition coefficient (Wildman–Crippen LogP) is 2.60. The van der Waals surface area contributed by atoms with Crippen molar-refractivity contribution in [3.8, 4) is 16.9 Å². The zero-order valence-electron chi connectivity index (χ0n) is 23.5. The number of alkyl halides is 3. The number of pyridine rings is 3. The van der Waals surface area contributed by atoms with Gasteiger partial charge in [0.15, 0.2) is 0 Å². The quantitative estimate of drug-likeness (QED) is 0.280. The number of nitrogens with one attached hydrogen (secondary N) is 2. The molecule has 230 valence electrons. The van der Waals surface area contributed by atoms with Gasteiger partial charge < -0.3 is 19.9 Å². The summed E-state index contributed by atoms with van der Waals surface area (Å²) in [5, 5.41) is 9.50. The number of anilines is 1. The van der Waals surface area contributed by atoms with Crippen LogP contribution in [0.2, 0.25) is 0 Å². The second kappa shape index (κ2) is 13.6. The summed E-state index contributed by atoms with van der Waals surface area (Å²) in [5.74, 6) is -0.741. The lowest BCUT2D eigenvalue weighted by Crippen LogP contribution is -2.41. The second-order valence-corrected chi connectivity index (χ2v) is 9.93. The van der Waals surface area contributed by atoms with Gasteiger partial charge in [-0.1, -0.05) is 0 Å². The summed E-state index contributed by atoms with van der Waals surface area (Å²) in [6, 6.07) is 9.37. The van der Waals surface area contributed by atoms with E-state index >= 15 is 0 Å². The van der Waals surface area contributed by atoms with Crippen LogP contribution < -0.4 is 16.2 Å². The van der Waals surface area contributed by atoms with Crippen molar-refractivity contribution < 1.29 is 27.5 Å². The van der Waals surface area contributed by atoms with Gasteiger partial charge in [0, 0.05) is 69.4 Å². The Hall–Kier alpha value is -4.89. The molecule has 15 heteroatoms. The van der Waals surface area contributed by atoms with E-state index in [4.69, 9.17) is 4.74 Å². The van der Waals surface area contributed by atoms with Crippen LogP contribution >= 0.6 is 0 Å². The maximum atomic E-state index is 13.8. The van der Waals surface area contributed by atoms with E-state index in [9.17, 15) is 27.6 Å². The van der Waals surface area contributed by atoms with Crippen molar-refractivity contribution in [1.82, 2.24) is 34.5 Å². The van der Waals surface area contributed by atoms with Crippen molar-refractivity contribution in [2.45, 2.75) is 19.1 Å². The van der Waals surface area contributed by atoms with Crippen molar-refractivity contribution in [3.05, 3.63) is 88.9 Å². The molecule has 44 heavy (non-hydrogen) atoms. The first-order chi connectivity index (χ1) is 21.2. The summed E-state index contributed by atoms with van der Waals surface area (Å²) in [6.45, 7) is 4.23. The first-order valence-corrected chi connectivity index (χ1v) is 13.8. The molecule has 0 unspecified atom stereocenters. The highest BCUT2D eigenvalue weighted by Crippen LogP contribution is 2.34. The van der Waals surface area contributed by atoms with Crippen LogP contribution in [0.3, 0.4) is 0 Å². The molecule has 1 aliphatic rings. The zero-order chi connectivity index (χ0) is 31.1. The molecule has 2 amide bonds. The van der Waals surface area contributed by atoms with Gasteiger partial charge in [0.05, 0.1) is 36.4 Å². The fourth-order valence-electron chi connectivity index (χ4n) is 4.54. The molecule has 0 radical (unpaired) electrons. The van der Waals surface area contributed by atoms with Crippen molar-refractivity contribution in [1.29, 1.82) is 0 Å². The standard InChI is InChI=1S/C29H29F3N8O4/c30-29(31,32)24-16-23(20-2-1-8-33-17-20)37-40(24)22-4-5-25(35-18-22)36-28(43)21-3-6-27(42)39(19-21)10-7-26(41)34-9-11-38-12-14-44-15-13-38/h1-6,8,16-19H,7,9-15H2,(H,34,41)(H,35,36,43). The van der Waals surface area contributed by atoms with Crippen molar-refractivity contribution in [2.24, 2.45) is 0 Å². The second-order valence-electron chi connectivity index (χ2n) is 9.93. The normalized spacial score (nSPS) is 13.9. The first kappa shape index (κ1) is 30.6. The predicted molar refractivity (Wildman–Crippen MR) is 153 cm³/mol. The molecule has 0 aliphatic carbocycles. The van der Waals surface area contributed by atoms with Crippen LogP contribution in [0.1, 0.15) is 22.5 Å². The molecule has 1 fully saturated rings. The minimum absolute atomic E-state index is 0.0298. The van der Waals surface area contributed by atoms with Gasteiger partial charge >= 0.3 is 6.18 Å². The lowest BCUT2D eigenvalue weighted by atomic mass is 10.2. The largest absolute Gasteiger partial charge is 0.433 e. The molecule has 2 N–H and O–H groups in total. The number of rotatable bonds is 10. The smallest absolute Gasteiger partial charge is 0.379 e. The molecule has 5 rings (SSSR count). The average Bonchev–Trinajstić information content (AvgIpc) is 3.49. The Morgan fingerprint density at radius 3 is 2.55 bits per heavy atom. The molecule has 1 saturated heterocycles. The molecule has 12 nitrogen and oxygen atoms in total. The molecule has 0 saturated carbocycles. The van der Waals surface area contributed by atoms with Gasteiger partial charge in [-0.25, -0.2) is 9.67 Å². The monoisotopic (exact) mass is 610 g/mol. The van der Waals surface area contributed by atoms with E-state index in [1.54, 1.807) is 12.1 Å². The van der Waals surface area contributed by atoms with E-state index in [1.807, 2.05) is 0 Å². The summed E-state index contributed by atoms with van der Waals surface area (Å²) < 4.78 is 48.6. The number of ether oxygens (including phenoxy) is 1. The van der Waals surface area contributed by atoms with Gasteiger partial charge in [-0.2, -0.15) is 18.3 Å². The van der Waals surface area contributed by atoms with Gasteiger partial charge in [-0.3, -0.25) is 24.3 Å². The number of amides is 2. The highest BCUT2D eigenvalue weighted by atomic mass is 19.4. The van der Waals surface area contributed by atoms with Gasteiger partial charge in [-0.15, -0.1) is 0 Å². The number of carbonyl (C=O) groups excluding carboxylic acids is 2. The van der Waals surface area contributed by atoms with Crippen LogP contribution in [0, 0.1) is 0 Å². The summed E-state index contributed by atoms with van der Waals surface area (Å²) >= 11 is 0. The number of morpholine rings is 1. The maximum absolute atomic E-state index is 13.8. The summed E-state index contributed by atoms with van der Waals surface area (Å²) in [6.07, 6.45) is 0.774. The van der Waals surface area contributed by atoms with E-state index in [2.05, 4.69) is 30.6 Å². The molecule has 0 atom stereocenters. The summed E-state index contributed by atoms with van der Waals surface area (Å²) in [4.78, 5) is 47.7. The highest BCUT2D eigenvalue weighted by molar-refractivity contribution is 6.03. The van der Waals surface area contributed by atoms with Crippen molar-refractivity contribution >= 4 is 17.6 Å². The van der Waals surface area contributed by atoms with Gasteiger partial charge in [0.2, 0.25) is 5.91 Å². The van der Waals surface area contributed by atoms with Gasteiger partial charge in [0.25, 0.3) is 11.5 Å². The lowest BCUT2D eigenvalue weighted by molar-refractivity contribution is -0.142. The molecule has 1 aliphatic heterocycles. The van der Waals surface area contributed by atoms with Crippen molar-refractivity contribution in [3.63, 3.8) is 0 Å². The highest BCUT2D eigenvalue weighted by Gasteiger charge is 2.36. The fraction of sp³-hybridized carbons (Fsp3) is 0.310. The Kier molecular flexibility index (Phi) is 9.45. The number of aromatic nitrogens is 5. The molecular formula is C29H29F3N8O4. The Bertz CT molecular complexity index is 1650. The Morgan fingerprint density at radius 1 is 1.02 bits per heavy atom. The SMILES string of the molecule is O=C(CCn1cc(C(=O)Nc2ccc(-n3nc(-c4cccnc4)cc3C(F)(F)F)cn2)ccc1=O)NCCN1CCOCC1. The zero-order valence-corrected chi connectivity index (χ0v) is 23.5. The minimum atomic E-state index is -4.69. The van der Waals surface area contributed by atoms with E-state index in [-0.39, 0.29) is 47.2 Å². The number of hydrogen-bond donors (Lipinski definition) is 2. The van der Waals surface area contributed by atoms with Crippen LogP contribution in [0.5, 0.6) is 0 Å². The molecule has 4 aromatic rings. The third-order valence-corrected chi connectivity index (χ3v) is 6.87. The van der Waals surface area contributed by atoms with Crippen LogP contribution in [0.15, 0.2) is 72.0 Å². The van der Waals surface area contributed by atoms with Gasteiger partial charge in [-0.05, 0) is 36.4 Å². The molecule has 0 bridgehead atoms. The van der Waals surface area contributed by atoms with E-state index in [1.165, 1.54) is 47.4 Å². The number of halogens is 3. The summed E-state index contributed by atoms with van der Waals surface area (Å²) in [7, 11) is 0.